The van der Waals surface area contributed by atoms with Crippen LogP contribution in [0.25, 0.3) is 5.95 Å². The maximum atomic E-state index is 5.66. The molecule has 2 rings (SSSR count). The van der Waals surface area contributed by atoms with Gasteiger partial charge in [0.15, 0.2) is 0 Å². The highest BCUT2D eigenvalue weighted by Crippen LogP contribution is 2.13. The fourth-order valence-electron chi connectivity index (χ4n) is 1.04. The molecule has 0 aliphatic heterocycles. The highest BCUT2D eigenvalue weighted by atomic mass is 79.9. The zero-order valence-electron chi connectivity index (χ0n) is 7.48. The molecule has 0 radical (unpaired) electrons. The lowest BCUT2D eigenvalue weighted by molar-refractivity contribution is 0.782. The van der Waals surface area contributed by atoms with Gasteiger partial charge in [-0.2, -0.15) is 5.10 Å². The topological polar surface area (TPSA) is 69.6 Å². The second-order valence-electron chi connectivity index (χ2n) is 2.80. The van der Waals surface area contributed by atoms with Crippen LogP contribution in [0.1, 0.15) is 5.69 Å². The van der Waals surface area contributed by atoms with Gasteiger partial charge in [0.1, 0.15) is 0 Å². The van der Waals surface area contributed by atoms with Crippen molar-refractivity contribution >= 4 is 21.6 Å². The third kappa shape index (κ3) is 1.48. The van der Waals surface area contributed by atoms with Gasteiger partial charge in [0.05, 0.1) is 22.1 Å². The zero-order valence-corrected chi connectivity index (χ0v) is 9.06. The van der Waals surface area contributed by atoms with Crippen LogP contribution in [0.2, 0.25) is 0 Å². The monoisotopic (exact) mass is 253 g/mol. The molecule has 2 heterocycles. The molecule has 0 aromatic carbocycles. The van der Waals surface area contributed by atoms with Gasteiger partial charge < -0.3 is 5.73 Å². The lowest BCUT2D eigenvalue weighted by Gasteiger charge is -2.01. The Labute approximate surface area is 89.1 Å². The lowest BCUT2D eigenvalue weighted by Crippen LogP contribution is -2.04. The summed E-state index contributed by atoms with van der Waals surface area (Å²) in [5.41, 5.74) is 7.14. The lowest BCUT2D eigenvalue weighted by atomic mass is 10.4. The van der Waals surface area contributed by atoms with Crippen molar-refractivity contribution < 1.29 is 0 Å². The Kier molecular flexibility index (Phi) is 2.20. The van der Waals surface area contributed by atoms with Crippen LogP contribution in [0, 0.1) is 6.92 Å². The van der Waals surface area contributed by atoms with Gasteiger partial charge in [-0.1, -0.05) is 0 Å². The summed E-state index contributed by atoms with van der Waals surface area (Å²) in [5, 5.41) is 4.07. The first kappa shape index (κ1) is 9.14. The van der Waals surface area contributed by atoms with E-state index in [1.165, 1.54) is 0 Å². The van der Waals surface area contributed by atoms with E-state index >= 15 is 0 Å². The maximum Gasteiger partial charge on any atom is 0.250 e. The van der Waals surface area contributed by atoms with E-state index in [0.29, 0.717) is 11.6 Å². The van der Waals surface area contributed by atoms with Gasteiger partial charge in [0, 0.05) is 12.4 Å². The summed E-state index contributed by atoms with van der Waals surface area (Å²) in [5.74, 6) is 0.516. The third-order valence-corrected chi connectivity index (χ3v) is 2.25. The number of nitrogens with zero attached hydrogens (tertiary/aromatic N) is 4. The summed E-state index contributed by atoms with van der Waals surface area (Å²) >= 11 is 3.26. The van der Waals surface area contributed by atoms with Crippen molar-refractivity contribution in [2.75, 3.05) is 5.73 Å². The van der Waals surface area contributed by atoms with Crippen LogP contribution < -0.4 is 5.73 Å². The number of hydrogen-bond acceptors (Lipinski definition) is 4. The van der Waals surface area contributed by atoms with Gasteiger partial charge in [-0.25, -0.2) is 14.6 Å². The Morgan fingerprint density at radius 2 is 1.93 bits per heavy atom. The average molecular weight is 254 g/mol. The molecule has 2 aromatic rings. The highest BCUT2D eigenvalue weighted by Gasteiger charge is 2.06. The standard InChI is InChI=1S/C8H8BrN5/c1-5-7(10)4-13-14(5)8-11-2-6(9)3-12-8/h2-4H,10H2,1H3. The molecular formula is C8H8BrN5. The summed E-state index contributed by atoms with van der Waals surface area (Å²) < 4.78 is 2.43. The van der Waals surface area contributed by atoms with Crippen LogP contribution in [0.15, 0.2) is 23.1 Å². The summed E-state index contributed by atoms with van der Waals surface area (Å²) in [4.78, 5) is 8.22. The number of halogens is 1. The smallest absolute Gasteiger partial charge is 0.250 e. The number of aromatic nitrogens is 4. The molecule has 14 heavy (non-hydrogen) atoms. The molecule has 6 heteroatoms. The summed E-state index contributed by atoms with van der Waals surface area (Å²) in [6.45, 7) is 1.87. The molecular weight excluding hydrogens is 246 g/mol. The van der Waals surface area contributed by atoms with E-state index in [9.17, 15) is 0 Å². The van der Waals surface area contributed by atoms with E-state index in [4.69, 9.17) is 5.73 Å². The van der Waals surface area contributed by atoms with Crippen molar-refractivity contribution in [3.8, 4) is 5.95 Å². The molecule has 0 saturated heterocycles. The van der Waals surface area contributed by atoms with Crippen molar-refractivity contribution in [2.24, 2.45) is 0 Å². The molecule has 72 valence electrons. The van der Waals surface area contributed by atoms with Gasteiger partial charge >= 0.3 is 0 Å². The van der Waals surface area contributed by atoms with Crippen molar-refractivity contribution in [2.45, 2.75) is 6.92 Å². The quantitative estimate of drug-likeness (QED) is 0.833. The number of nitrogens with two attached hydrogens (primary N) is 1. The first-order valence-electron chi connectivity index (χ1n) is 3.96. The minimum Gasteiger partial charge on any atom is -0.396 e. The van der Waals surface area contributed by atoms with Gasteiger partial charge in [-0.15, -0.1) is 0 Å². The van der Waals surface area contributed by atoms with Gasteiger partial charge in [-0.05, 0) is 22.9 Å². The summed E-state index contributed by atoms with van der Waals surface area (Å²) in [6.07, 6.45) is 4.92. The Morgan fingerprint density at radius 1 is 1.29 bits per heavy atom. The minimum atomic E-state index is 0.516. The normalized spacial score (nSPS) is 10.4. The van der Waals surface area contributed by atoms with Crippen LogP contribution in [0.4, 0.5) is 5.69 Å². The molecule has 0 aliphatic carbocycles. The van der Waals surface area contributed by atoms with Gasteiger partial charge in [0.2, 0.25) is 0 Å². The second kappa shape index (κ2) is 3.38. The SMILES string of the molecule is Cc1c(N)cnn1-c1ncc(Br)cn1. The summed E-state index contributed by atoms with van der Waals surface area (Å²) in [7, 11) is 0. The van der Waals surface area contributed by atoms with E-state index in [1.54, 1.807) is 23.3 Å². The molecule has 0 saturated carbocycles. The van der Waals surface area contributed by atoms with Crippen LogP contribution >= 0.6 is 15.9 Å². The average Bonchev–Trinajstić information content (AvgIpc) is 2.50. The number of nitrogen functional groups attached to an aromatic ring is 1. The Morgan fingerprint density at radius 3 is 2.43 bits per heavy atom. The number of anilines is 1. The predicted molar refractivity (Wildman–Crippen MR) is 56.0 cm³/mol. The fraction of sp³-hybridized carbons (Fsp3) is 0.125. The molecule has 5 nitrogen and oxygen atoms in total. The first-order valence-corrected chi connectivity index (χ1v) is 4.76. The number of rotatable bonds is 1. The van der Waals surface area contributed by atoms with Crippen molar-refractivity contribution in [3.05, 3.63) is 28.8 Å². The molecule has 0 amide bonds. The molecule has 2 N–H and O–H groups in total. The second-order valence-corrected chi connectivity index (χ2v) is 3.71. The number of hydrogen-bond donors (Lipinski definition) is 1. The Hall–Kier alpha value is -1.43. The van der Waals surface area contributed by atoms with Crippen LogP contribution in [-0.4, -0.2) is 19.7 Å². The molecule has 0 unspecified atom stereocenters. The van der Waals surface area contributed by atoms with Crippen LogP contribution in [0.3, 0.4) is 0 Å². The largest absolute Gasteiger partial charge is 0.396 e. The molecule has 0 atom stereocenters. The molecule has 0 aliphatic rings. The van der Waals surface area contributed by atoms with Crippen LogP contribution in [0.5, 0.6) is 0 Å². The predicted octanol–water partition coefficient (Wildman–Crippen LogP) is 1.32. The van der Waals surface area contributed by atoms with Crippen molar-refractivity contribution in [1.29, 1.82) is 0 Å². The van der Waals surface area contributed by atoms with E-state index in [2.05, 4.69) is 31.0 Å². The van der Waals surface area contributed by atoms with Gasteiger partial charge in [0.25, 0.3) is 5.95 Å². The molecule has 2 aromatic heterocycles. The summed E-state index contributed by atoms with van der Waals surface area (Å²) in [6, 6.07) is 0. The molecule has 0 bridgehead atoms. The van der Waals surface area contributed by atoms with Crippen molar-refractivity contribution in [3.63, 3.8) is 0 Å². The third-order valence-electron chi connectivity index (χ3n) is 1.84. The fourth-order valence-corrected chi connectivity index (χ4v) is 1.24. The molecule has 0 fully saturated rings. The van der Waals surface area contributed by atoms with E-state index in [1.807, 2.05) is 6.92 Å². The Balaban J connectivity index is 2.49. The van der Waals surface area contributed by atoms with Crippen LogP contribution in [-0.2, 0) is 0 Å². The van der Waals surface area contributed by atoms with E-state index in [0.717, 1.165) is 10.2 Å². The first-order chi connectivity index (χ1) is 6.68. The van der Waals surface area contributed by atoms with Crippen molar-refractivity contribution in [1.82, 2.24) is 19.7 Å². The van der Waals surface area contributed by atoms with E-state index in [-0.39, 0.29) is 0 Å². The minimum absolute atomic E-state index is 0.516. The highest BCUT2D eigenvalue weighted by molar-refractivity contribution is 9.10. The molecule has 0 spiro atoms. The van der Waals surface area contributed by atoms with Gasteiger partial charge in [-0.3, -0.25) is 0 Å². The zero-order chi connectivity index (χ0) is 10.1. The maximum absolute atomic E-state index is 5.66. The Bertz CT molecular complexity index is 447. The van der Waals surface area contributed by atoms with E-state index < -0.39 is 0 Å².